The number of carbonyl (C=O) groups is 1. The van der Waals surface area contributed by atoms with Gasteiger partial charge >= 0.3 is 0 Å². The molecule has 0 spiro atoms. The second-order valence-corrected chi connectivity index (χ2v) is 7.68. The maximum atomic E-state index is 12.0. The first-order valence-corrected chi connectivity index (χ1v) is 8.91. The Morgan fingerprint density at radius 3 is 2.78 bits per heavy atom. The van der Waals surface area contributed by atoms with E-state index in [1.54, 1.807) is 25.1 Å². The van der Waals surface area contributed by atoms with E-state index >= 15 is 0 Å². The first-order chi connectivity index (χ1) is 10.9. The van der Waals surface area contributed by atoms with Gasteiger partial charge in [0.05, 0.1) is 23.4 Å². The lowest BCUT2D eigenvalue weighted by atomic mass is 10.2. The van der Waals surface area contributed by atoms with Gasteiger partial charge in [-0.05, 0) is 25.5 Å². The Morgan fingerprint density at radius 1 is 1.39 bits per heavy atom. The number of pyridine rings is 1. The summed E-state index contributed by atoms with van der Waals surface area (Å²) in [5, 5.41) is 9.37. The Labute approximate surface area is 133 Å². The van der Waals surface area contributed by atoms with Crippen molar-refractivity contribution in [1.29, 1.82) is 0 Å². The van der Waals surface area contributed by atoms with Crippen molar-refractivity contribution in [2.45, 2.75) is 19.4 Å². The Kier molecular flexibility index (Phi) is 4.03. The van der Waals surface area contributed by atoms with Crippen LogP contribution >= 0.6 is 0 Å². The van der Waals surface area contributed by atoms with Crippen molar-refractivity contribution in [3.63, 3.8) is 0 Å². The molecule has 0 bridgehead atoms. The summed E-state index contributed by atoms with van der Waals surface area (Å²) in [6, 6.07) is 4.75. The number of amides is 1. The fourth-order valence-corrected chi connectivity index (χ4v) is 4.04. The molecule has 1 fully saturated rings. The topological polar surface area (TPSA) is 114 Å². The largest absolute Gasteiger partial charge is 0.380 e. The molecule has 0 saturated carbocycles. The Bertz CT molecular complexity index is 814. The minimum absolute atomic E-state index is 0.111. The van der Waals surface area contributed by atoms with Crippen LogP contribution < -0.4 is 10.6 Å². The zero-order valence-corrected chi connectivity index (χ0v) is 13.3. The second-order valence-electron chi connectivity index (χ2n) is 5.45. The molecule has 1 unspecified atom stereocenters. The zero-order valence-electron chi connectivity index (χ0n) is 12.4. The highest BCUT2D eigenvalue weighted by Gasteiger charge is 2.27. The van der Waals surface area contributed by atoms with Crippen molar-refractivity contribution < 1.29 is 17.7 Å². The van der Waals surface area contributed by atoms with Crippen LogP contribution in [-0.2, 0) is 9.84 Å². The number of nitrogens with zero attached hydrogens (tertiary/aromatic N) is 2. The number of aryl methyl sites for hydroxylation is 1. The van der Waals surface area contributed by atoms with Crippen LogP contribution in [0.4, 0.5) is 11.5 Å². The van der Waals surface area contributed by atoms with Crippen molar-refractivity contribution in [3.8, 4) is 0 Å². The molecule has 3 rings (SSSR count). The summed E-state index contributed by atoms with van der Waals surface area (Å²) in [4.78, 5) is 16.1. The van der Waals surface area contributed by atoms with Gasteiger partial charge in [-0.3, -0.25) is 4.79 Å². The van der Waals surface area contributed by atoms with E-state index in [9.17, 15) is 13.2 Å². The number of carbonyl (C=O) groups excluding carboxylic acids is 1. The number of hydrogen-bond acceptors (Lipinski definition) is 7. The minimum atomic E-state index is -2.93. The summed E-state index contributed by atoms with van der Waals surface area (Å²) in [6.07, 6.45) is 2.09. The van der Waals surface area contributed by atoms with Crippen molar-refractivity contribution in [2.24, 2.45) is 0 Å². The van der Waals surface area contributed by atoms with Gasteiger partial charge < -0.3 is 15.2 Å². The van der Waals surface area contributed by atoms with Gasteiger partial charge in [-0.25, -0.2) is 13.4 Å². The van der Waals surface area contributed by atoms with Gasteiger partial charge in [-0.15, -0.1) is 0 Å². The van der Waals surface area contributed by atoms with Crippen molar-refractivity contribution in [1.82, 2.24) is 10.1 Å². The Balaban J connectivity index is 1.61. The summed E-state index contributed by atoms with van der Waals surface area (Å²) in [5.74, 6) is 0.858. The summed E-state index contributed by atoms with van der Waals surface area (Å²) in [7, 11) is -2.93. The van der Waals surface area contributed by atoms with Crippen LogP contribution in [0.5, 0.6) is 0 Å². The number of hydrogen-bond donors (Lipinski definition) is 2. The van der Waals surface area contributed by atoms with Crippen LogP contribution in [0, 0.1) is 6.92 Å². The second kappa shape index (κ2) is 5.99. The maximum Gasteiger partial charge on any atom is 0.275 e. The van der Waals surface area contributed by atoms with E-state index in [1.165, 1.54) is 6.20 Å². The normalized spacial score (nSPS) is 19.4. The first-order valence-electron chi connectivity index (χ1n) is 7.09. The molecule has 8 nitrogen and oxygen atoms in total. The fraction of sp³-hybridized carbons (Fsp3) is 0.357. The van der Waals surface area contributed by atoms with E-state index in [-0.39, 0.29) is 23.2 Å². The molecule has 1 atom stereocenters. The molecule has 2 N–H and O–H groups in total. The third-order valence-electron chi connectivity index (χ3n) is 3.47. The van der Waals surface area contributed by atoms with Gasteiger partial charge in [-0.1, -0.05) is 5.16 Å². The highest BCUT2D eigenvalue weighted by molar-refractivity contribution is 7.91. The van der Waals surface area contributed by atoms with Gasteiger partial charge in [0.1, 0.15) is 11.5 Å². The highest BCUT2D eigenvalue weighted by Crippen LogP contribution is 2.17. The molecule has 1 aliphatic heterocycles. The fourth-order valence-electron chi connectivity index (χ4n) is 2.36. The van der Waals surface area contributed by atoms with Crippen LogP contribution in [0.1, 0.15) is 22.7 Å². The third-order valence-corrected chi connectivity index (χ3v) is 5.24. The maximum absolute atomic E-state index is 12.0. The SMILES string of the molecule is Cc1cc(NC(=O)c2ccc(NC3CCS(=O)(=O)C3)cn2)no1. The molecule has 1 saturated heterocycles. The molecule has 1 amide bonds. The lowest BCUT2D eigenvalue weighted by Gasteiger charge is -2.12. The molecular weight excluding hydrogens is 320 g/mol. The average Bonchev–Trinajstić information content (AvgIpc) is 3.05. The van der Waals surface area contributed by atoms with E-state index in [4.69, 9.17) is 4.52 Å². The number of sulfone groups is 1. The monoisotopic (exact) mass is 336 g/mol. The predicted molar refractivity (Wildman–Crippen MR) is 84.1 cm³/mol. The van der Waals surface area contributed by atoms with Crippen molar-refractivity contribution in [2.75, 3.05) is 22.1 Å². The molecule has 0 radical (unpaired) electrons. The molecule has 2 aromatic rings. The number of nitrogens with one attached hydrogen (secondary N) is 2. The van der Waals surface area contributed by atoms with Gasteiger partial charge in [0.2, 0.25) is 0 Å². The lowest BCUT2D eigenvalue weighted by Crippen LogP contribution is -2.21. The highest BCUT2D eigenvalue weighted by atomic mass is 32.2. The molecule has 9 heteroatoms. The van der Waals surface area contributed by atoms with Gasteiger partial charge in [0, 0.05) is 12.1 Å². The Morgan fingerprint density at radius 2 is 2.22 bits per heavy atom. The molecule has 2 aromatic heterocycles. The average molecular weight is 336 g/mol. The molecule has 0 aromatic carbocycles. The quantitative estimate of drug-likeness (QED) is 0.863. The first kappa shape index (κ1) is 15.5. The van der Waals surface area contributed by atoms with Crippen LogP contribution in [0.2, 0.25) is 0 Å². The predicted octanol–water partition coefficient (Wildman–Crippen LogP) is 1.23. The van der Waals surface area contributed by atoms with Crippen molar-refractivity contribution >= 4 is 27.2 Å². The standard InChI is InChI=1S/C14H16N4O4S/c1-9-6-13(18-22-9)17-14(19)12-3-2-10(7-15-12)16-11-4-5-23(20,21)8-11/h2-3,6-7,11,16H,4-5,8H2,1H3,(H,17,18,19). The number of anilines is 2. The van der Waals surface area contributed by atoms with Crippen molar-refractivity contribution in [3.05, 3.63) is 35.9 Å². The third kappa shape index (κ3) is 3.86. The van der Waals surface area contributed by atoms with E-state index < -0.39 is 15.7 Å². The van der Waals surface area contributed by atoms with Crippen LogP contribution in [-0.4, -0.2) is 42.0 Å². The van der Waals surface area contributed by atoms with E-state index in [2.05, 4.69) is 20.8 Å². The van der Waals surface area contributed by atoms with Crippen LogP contribution in [0.3, 0.4) is 0 Å². The van der Waals surface area contributed by atoms with Gasteiger partial charge in [0.15, 0.2) is 15.7 Å². The minimum Gasteiger partial charge on any atom is -0.380 e. The smallest absolute Gasteiger partial charge is 0.275 e. The van der Waals surface area contributed by atoms with Gasteiger partial charge in [-0.2, -0.15) is 0 Å². The molecule has 1 aliphatic rings. The number of rotatable bonds is 4. The van der Waals surface area contributed by atoms with Crippen LogP contribution in [0.25, 0.3) is 0 Å². The summed E-state index contributed by atoms with van der Waals surface area (Å²) in [5.41, 5.74) is 0.913. The summed E-state index contributed by atoms with van der Waals surface area (Å²) in [6.45, 7) is 1.73. The molecular formula is C14H16N4O4S. The molecule has 3 heterocycles. The Hall–Kier alpha value is -2.42. The summed E-state index contributed by atoms with van der Waals surface area (Å²) >= 11 is 0. The number of aromatic nitrogens is 2. The van der Waals surface area contributed by atoms with E-state index in [0.717, 1.165) is 0 Å². The molecule has 122 valence electrons. The molecule has 23 heavy (non-hydrogen) atoms. The van der Waals surface area contributed by atoms with E-state index in [0.29, 0.717) is 23.7 Å². The summed E-state index contributed by atoms with van der Waals surface area (Å²) < 4.78 is 27.7. The van der Waals surface area contributed by atoms with Crippen LogP contribution in [0.15, 0.2) is 28.9 Å². The lowest BCUT2D eigenvalue weighted by molar-refractivity contribution is 0.102. The molecule has 0 aliphatic carbocycles. The van der Waals surface area contributed by atoms with E-state index in [1.807, 2.05) is 0 Å². The zero-order chi connectivity index (χ0) is 16.4. The van der Waals surface area contributed by atoms with Gasteiger partial charge in [0.25, 0.3) is 5.91 Å².